The molecule has 3 heterocycles. The molecule has 1 aromatic heterocycles. The topological polar surface area (TPSA) is 73.8 Å². The minimum Gasteiger partial charge on any atom is -0.318 e. The van der Waals surface area contributed by atoms with Crippen LogP contribution in [-0.2, 0) is 4.79 Å². The van der Waals surface area contributed by atoms with Gasteiger partial charge in [-0.3, -0.25) is 10.2 Å². The molecule has 0 bridgehead atoms. The average Bonchev–Trinajstić information content (AvgIpc) is 3.33. The summed E-state index contributed by atoms with van der Waals surface area (Å²) >= 11 is 1.46. The standard InChI is InChI=1S/C26H29N5OS/c1-15-10-11-22(16(2)12-15)30-17(3)13-20(18(30)4)14-21-23(27)31-26(28-24(21)32)33-25(29-31)19-8-6-5-7-9-19/h10-14,19,27H,5-9H2,1-4H3/b21-14-,27-23?. The SMILES string of the molecule is Cc1ccc(-n2c(C)cc(/C=C3/C(=N)N4N=C(C5CCCCC5)SC4=NC3=O)c2C)c(C)c1. The first-order chi connectivity index (χ1) is 15.8. The Labute approximate surface area is 199 Å². The molecule has 0 spiro atoms. The molecule has 1 amide bonds. The van der Waals surface area contributed by atoms with Crippen molar-refractivity contribution in [3.05, 3.63) is 57.9 Å². The van der Waals surface area contributed by atoms with Crippen molar-refractivity contribution < 1.29 is 4.79 Å². The maximum Gasteiger partial charge on any atom is 0.283 e. The van der Waals surface area contributed by atoms with Crippen LogP contribution in [0.25, 0.3) is 11.8 Å². The van der Waals surface area contributed by atoms with Gasteiger partial charge in [-0.05, 0) is 81.6 Å². The Bertz CT molecular complexity index is 1260. The molecule has 6 nitrogen and oxygen atoms in total. The summed E-state index contributed by atoms with van der Waals surface area (Å²) in [6, 6.07) is 8.49. The Balaban J connectivity index is 1.49. The van der Waals surface area contributed by atoms with Gasteiger partial charge in [0.15, 0.2) is 5.84 Å². The largest absolute Gasteiger partial charge is 0.318 e. The van der Waals surface area contributed by atoms with E-state index < -0.39 is 0 Å². The molecule has 1 saturated carbocycles. The molecule has 3 aliphatic rings. The third-order valence-electron chi connectivity index (χ3n) is 6.79. The highest BCUT2D eigenvalue weighted by molar-refractivity contribution is 8.27. The van der Waals surface area contributed by atoms with E-state index in [9.17, 15) is 4.79 Å². The Hall–Kier alpha value is -2.93. The van der Waals surface area contributed by atoms with Gasteiger partial charge in [-0.15, -0.1) is 0 Å². The number of hydrazone groups is 1. The van der Waals surface area contributed by atoms with E-state index in [-0.39, 0.29) is 17.3 Å². The first kappa shape index (κ1) is 21.9. The van der Waals surface area contributed by atoms with Crippen molar-refractivity contribution in [1.29, 1.82) is 5.41 Å². The van der Waals surface area contributed by atoms with Crippen molar-refractivity contribution in [3.8, 4) is 5.69 Å². The zero-order chi connectivity index (χ0) is 23.3. The summed E-state index contributed by atoms with van der Waals surface area (Å²) in [7, 11) is 0. The molecular weight excluding hydrogens is 430 g/mol. The quantitative estimate of drug-likeness (QED) is 0.580. The number of thioether (sulfide) groups is 1. The molecule has 1 N–H and O–H groups in total. The number of carbonyl (C=O) groups is 1. The van der Waals surface area contributed by atoms with Crippen molar-refractivity contribution in [1.82, 2.24) is 9.58 Å². The van der Waals surface area contributed by atoms with Crippen LogP contribution >= 0.6 is 11.8 Å². The Morgan fingerprint density at radius 2 is 1.85 bits per heavy atom. The second-order valence-corrected chi connectivity index (χ2v) is 10.2. The lowest BCUT2D eigenvalue weighted by molar-refractivity contribution is -0.114. The van der Waals surface area contributed by atoms with Crippen LogP contribution in [0.15, 0.2) is 39.9 Å². The lowest BCUT2D eigenvalue weighted by Crippen LogP contribution is -2.35. The van der Waals surface area contributed by atoms with Crippen molar-refractivity contribution in [2.75, 3.05) is 0 Å². The van der Waals surface area contributed by atoms with Gasteiger partial charge in [0.2, 0.25) is 5.17 Å². The monoisotopic (exact) mass is 459 g/mol. The summed E-state index contributed by atoms with van der Waals surface area (Å²) in [4.78, 5) is 17.2. The summed E-state index contributed by atoms with van der Waals surface area (Å²) in [5, 5.41) is 16.5. The fourth-order valence-electron chi connectivity index (χ4n) is 5.04. The Morgan fingerprint density at radius 3 is 2.58 bits per heavy atom. The number of benzene rings is 1. The molecule has 0 atom stereocenters. The molecule has 1 aromatic carbocycles. The predicted molar refractivity (Wildman–Crippen MR) is 136 cm³/mol. The number of rotatable bonds is 3. The highest BCUT2D eigenvalue weighted by Gasteiger charge is 2.38. The van der Waals surface area contributed by atoms with Crippen LogP contribution in [0.4, 0.5) is 0 Å². The number of nitrogens with one attached hydrogen (secondary N) is 1. The first-order valence-electron chi connectivity index (χ1n) is 11.6. The normalized spacial score (nSPS) is 20.4. The van der Waals surface area contributed by atoms with E-state index in [4.69, 9.17) is 10.5 Å². The van der Waals surface area contributed by atoms with Gasteiger partial charge in [0, 0.05) is 23.0 Å². The maximum atomic E-state index is 12.9. The number of hydrogen-bond acceptors (Lipinski definition) is 4. The molecule has 2 aromatic rings. The number of aliphatic imine (C=N–C) groups is 1. The van der Waals surface area contributed by atoms with Gasteiger partial charge in [-0.1, -0.05) is 37.0 Å². The fourth-order valence-corrected chi connectivity index (χ4v) is 6.10. The van der Waals surface area contributed by atoms with Gasteiger partial charge in [0.1, 0.15) is 5.04 Å². The molecule has 170 valence electrons. The van der Waals surface area contributed by atoms with Gasteiger partial charge in [-0.25, -0.2) is 0 Å². The smallest absolute Gasteiger partial charge is 0.283 e. The molecule has 1 aliphatic carbocycles. The summed E-state index contributed by atoms with van der Waals surface area (Å²) in [6.45, 7) is 8.32. The van der Waals surface area contributed by atoms with Crippen molar-refractivity contribution in [2.24, 2.45) is 16.0 Å². The van der Waals surface area contributed by atoms with Crippen LogP contribution in [0.3, 0.4) is 0 Å². The van der Waals surface area contributed by atoms with Crippen molar-refractivity contribution in [2.45, 2.75) is 59.8 Å². The molecule has 33 heavy (non-hydrogen) atoms. The summed E-state index contributed by atoms with van der Waals surface area (Å²) in [5.41, 5.74) is 6.88. The Kier molecular flexibility index (Phi) is 5.60. The number of nitrogens with zero attached hydrogens (tertiary/aromatic N) is 4. The van der Waals surface area contributed by atoms with E-state index in [2.05, 4.69) is 61.5 Å². The minimum atomic E-state index is -0.366. The van der Waals surface area contributed by atoms with E-state index >= 15 is 0 Å². The zero-order valence-corrected chi connectivity index (χ0v) is 20.4. The number of aromatic nitrogens is 1. The van der Waals surface area contributed by atoms with E-state index in [0.29, 0.717) is 11.1 Å². The number of amides is 1. The molecule has 7 heteroatoms. The van der Waals surface area contributed by atoms with Crippen LogP contribution in [0.2, 0.25) is 0 Å². The average molecular weight is 460 g/mol. The minimum absolute atomic E-state index is 0.111. The van der Waals surface area contributed by atoms with Crippen molar-refractivity contribution in [3.63, 3.8) is 0 Å². The van der Waals surface area contributed by atoms with Crippen LogP contribution in [0.5, 0.6) is 0 Å². The molecule has 0 unspecified atom stereocenters. The highest BCUT2D eigenvalue weighted by Crippen LogP contribution is 2.36. The number of fused-ring (bicyclic) bond motifs is 1. The zero-order valence-electron chi connectivity index (χ0n) is 19.6. The third kappa shape index (κ3) is 3.88. The summed E-state index contributed by atoms with van der Waals surface area (Å²) in [6.07, 6.45) is 7.76. The molecule has 5 rings (SSSR count). The van der Waals surface area contributed by atoms with Gasteiger partial charge in [0.25, 0.3) is 5.91 Å². The van der Waals surface area contributed by atoms with Gasteiger partial charge >= 0.3 is 0 Å². The number of carbonyl (C=O) groups excluding carboxylic acids is 1. The lowest BCUT2D eigenvalue weighted by atomic mass is 9.90. The van der Waals surface area contributed by atoms with Crippen molar-refractivity contribution >= 4 is 39.8 Å². The van der Waals surface area contributed by atoms with Gasteiger partial charge in [-0.2, -0.15) is 15.1 Å². The first-order valence-corrected chi connectivity index (χ1v) is 12.4. The van der Waals surface area contributed by atoms with Crippen LogP contribution in [0, 0.1) is 39.0 Å². The molecular formula is C26H29N5OS. The van der Waals surface area contributed by atoms with Crippen LogP contribution in [-0.4, -0.2) is 31.5 Å². The predicted octanol–water partition coefficient (Wildman–Crippen LogP) is 5.91. The van der Waals surface area contributed by atoms with Gasteiger partial charge in [0.05, 0.1) is 5.57 Å². The Morgan fingerprint density at radius 1 is 1.09 bits per heavy atom. The second-order valence-electron chi connectivity index (χ2n) is 9.25. The number of amidine groups is 2. The molecule has 1 fully saturated rings. The third-order valence-corrected chi connectivity index (χ3v) is 7.86. The maximum absolute atomic E-state index is 12.9. The second kappa shape index (κ2) is 8.45. The van der Waals surface area contributed by atoms with E-state index in [1.54, 1.807) is 11.1 Å². The summed E-state index contributed by atoms with van der Waals surface area (Å²) < 4.78 is 2.21. The van der Waals surface area contributed by atoms with Gasteiger partial charge < -0.3 is 4.57 Å². The number of aryl methyl sites for hydroxylation is 3. The van der Waals surface area contributed by atoms with Crippen LogP contribution < -0.4 is 0 Å². The highest BCUT2D eigenvalue weighted by atomic mass is 32.2. The summed E-state index contributed by atoms with van der Waals surface area (Å²) in [5.74, 6) is 0.166. The lowest BCUT2D eigenvalue weighted by Gasteiger charge is -2.20. The molecule has 0 radical (unpaired) electrons. The molecule has 0 saturated heterocycles. The fraction of sp³-hybridized carbons (Fsp3) is 0.385. The van der Waals surface area contributed by atoms with Crippen LogP contribution in [0.1, 0.15) is 60.2 Å². The van der Waals surface area contributed by atoms with E-state index in [0.717, 1.165) is 40.5 Å². The van der Waals surface area contributed by atoms with E-state index in [1.807, 2.05) is 0 Å². The molecule has 2 aliphatic heterocycles. The number of hydrogen-bond donors (Lipinski definition) is 1. The van der Waals surface area contributed by atoms with E-state index in [1.165, 1.54) is 42.2 Å².